The lowest BCUT2D eigenvalue weighted by Gasteiger charge is -2.39. The monoisotopic (exact) mass is 441 g/mol. The number of hydrogen-bond donors (Lipinski definition) is 1. The predicted molar refractivity (Wildman–Crippen MR) is 108 cm³/mol. The summed E-state index contributed by atoms with van der Waals surface area (Å²) in [5.41, 5.74) is 0.522. The van der Waals surface area contributed by atoms with Crippen LogP contribution in [-0.2, 0) is 11.2 Å². The second kappa shape index (κ2) is 6.06. The molecule has 136 valence electrons. The van der Waals surface area contributed by atoms with Crippen LogP contribution in [0.5, 0.6) is 5.75 Å². The van der Waals surface area contributed by atoms with Gasteiger partial charge >= 0.3 is 0 Å². The molecule has 0 saturated heterocycles. The van der Waals surface area contributed by atoms with Gasteiger partial charge in [-0.25, -0.2) is 0 Å². The van der Waals surface area contributed by atoms with Crippen LogP contribution in [0.4, 0.5) is 0 Å². The first kappa shape index (κ1) is 17.2. The Bertz CT molecular complexity index is 1010. The number of ether oxygens (including phenoxy) is 1. The third kappa shape index (κ3) is 2.33. The molecule has 27 heavy (non-hydrogen) atoms. The smallest absolute Gasteiger partial charge is 0.175 e. The highest BCUT2D eigenvalue weighted by Gasteiger charge is 2.69. The molecular weight excluding hydrogens is 426 g/mol. The zero-order valence-electron chi connectivity index (χ0n) is 14.4. The van der Waals surface area contributed by atoms with E-state index in [-0.39, 0.29) is 5.92 Å². The van der Waals surface area contributed by atoms with Crippen LogP contribution in [0.2, 0.25) is 5.02 Å². The topological polar surface area (TPSA) is 42.4 Å². The molecule has 3 nitrogen and oxygen atoms in total. The minimum atomic E-state index is -1.21. The Morgan fingerprint density at radius 2 is 1.85 bits per heavy atom. The zero-order chi connectivity index (χ0) is 18.6. The van der Waals surface area contributed by atoms with Crippen LogP contribution in [0, 0.1) is 0 Å². The van der Waals surface area contributed by atoms with Crippen molar-refractivity contribution in [3.63, 3.8) is 0 Å². The third-order valence-corrected chi connectivity index (χ3v) is 6.59. The first-order valence-corrected chi connectivity index (χ1v) is 10.1. The molecular formula is C22H17BrClNO2. The molecule has 5 rings (SSSR count). The lowest BCUT2D eigenvalue weighted by atomic mass is 9.73. The average Bonchev–Trinajstić information content (AvgIpc) is 3.10. The molecule has 0 bridgehead atoms. The largest absolute Gasteiger partial charge is 0.476 e. The fourth-order valence-corrected chi connectivity index (χ4v) is 5.16. The standard InChI is InChI=1S/C22H17BrClNO2/c23-16-8-6-15(7-9-16)22-18(14-4-2-1-3-5-14)10-11-21(22,26)20-19(27-22)12-17(24)13-25-20/h1-9,12-13,18,26H,10-11H2/t18?,21?,22-/m0/s1. The number of pyridine rings is 1. The summed E-state index contributed by atoms with van der Waals surface area (Å²) in [6.07, 6.45) is 2.96. The fourth-order valence-electron chi connectivity index (χ4n) is 4.75. The van der Waals surface area contributed by atoms with Crippen LogP contribution in [0.15, 0.2) is 71.3 Å². The van der Waals surface area contributed by atoms with Crippen LogP contribution >= 0.6 is 27.5 Å². The second-order valence-electron chi connectivity index (χ2n) is 7.21. The molecule has 0 amide bonds. The van der Waals surface area contributed by atoms with Crippen molar-refractivity contribution in [1.29, 1.82) is 0 Å². The molecule has 0 spiro atoms. The van der Waals surface area contributed by atoms with Crippen LogP contribution in [0.25, 0.3) is 0 Å². The molecule has 1 aromatic heterocycles. The van der Waals surface area contributed by atoms with Gasteiger partial charge in [-0.15, -0.1) is 0 Å². The van der Waals surface area contributed by atoms with E-state index in [0.717, 1.165) is 22.0 Å². The van der Waals surface area contributed by atoms with Crippen LogP contribution in [-0.4, -0.2) is 10.1 Å². The number of nitrogens with zero attached hydrogens (tertiary/aromatic N) is 1. The summed E-state index contributed by atoms with van der Waals surface area (Å²) in [6.45, 7) is 0. The maximum absolute atomic E-state index is 11.9. The SMILES string of the molecule is OC12CCC(c3ccccc3)[C@]1(c1ccc(Br)cc1)Oc1cc(Cl)cnc12. The highest BCUT2D eigenvalue weighted by atomic mass is 79.9. The summed E-state index contributed by atoms with van der Waals surface area (Å²) >= 11 is 9.66. The molecule has 2 heterocycles. The van der Waals surface area contributed by atoms with E-state index in [9.17, 15) is 5.11 Å². The summed E-state index contributed by atoms with van der Waals surface area (Å²) < 4.78 is 7.57. The van der Waals surface area contributed by atoms with Crippen LogP contribution < -0.4 is 4.74 Å². The number of rotatable bonds is 2. The summed E-state index contributed by atoms with van der Waals surface area (Å²) in [5.74, 6) is 0.561. The maximum Gasteiger partial charge on any atom is 0.175 e. The van der Waals surface area contributed by atoms with Gasteiger partial charge in [-0.1, -0.05) is 70.0 Å². The van der Waals surface area contributed by atoms with Gasteiger partial charge in [-0.05, 0) is 36.1 Å². The second-order valence-corrected chi connectivity index (χ2v) is 8.56. The Labute approximate surface area is 171 Å². The first-order valence-electron chi connectivity index (χ1n) is 8.93. The Hall–Kier alpha value is -1.88. The lowest BCUT2D eigenvalue weighted by molar-refractivity contribution is -0.107. The number of fused-ring (bicyclic) bond motifs is 3. The quantitative estimate of drug-likeness (QED) is 0.566. The first-order chi connectivity index (χ1) is 13.0. The Morgan fingerprint density at radius 3 is 2.59 bits per heavy atom. The molecule has 2 aliphatic rings. The lowest BCUT2D eigenvalue weighted by Crippen LogP contribution is -2.48. The van der Waals surface area contributed by atoms with Crippen molar-refractivity contribution in [2.75, 3.05) is 0 Å². The van der Waals surface area contributed by atoms with Crippen molar-refractivity contribution in [2.45, 2.75) is 30.0 Å². The number of aliphatic hydroxyl groups is 1. The number of halogens is 2. The van der Waals surface area contributed by atoms with Crippen molar-refractivity contribution in [3.8, 4) is 5.75 Å². The Balaban J connectivity index is 1.77. The number of hydrogen-bond acceptors (Lipinski definition) is 3. The normalized spacial score (nSPS) is 28.5. The molecule has 1 saturated carbocycles. The molecule has 5 heteroatoms. The van der Waals surface area contributed by atoms with Gasteiger partial charge in [0.2, 0.25) is 0 Å². The van der Waals surface area contributed by atoms with Gasteiger partial charge in [0.05, 0.1) is 5.02 Å². The summed E-state index contributed by atoms with van der Waals surface area (Å²) in [7, 11) is 0. The fraction of sp³-hybridized carbons (Fsp3) is 0.227. The molecule has 1 fully saturated rings. The highest BCUT2D eigenvalue weighted by molar-refractivity contribution is 9.10. The average molecular weight is 443 g/mol. The van der Waals surface area contributed by atoms with E-state index in [2.05, 4.69) is 33.0 Å². The predicted octanol–water partition coefficient (Wildman–Crippen LogP) is 5.55. The van der Waals surface area contributed by atoms with Crippen LogP contribution in [0.3, 0.4) is 0 Å². The molecule has 1 N–H and O–H groups in total. The molecule has 3 atom stereocenters. The minimum Gasteiger partial charge on any atom is -0.476 e. The van der Waals surface area contributed by atoms with Crippen LogP contribution in [0.1, 0.15) is 35.6 Å². The zero-order valence-corrected chi connectivity index (χ0v) is 16.7. The van der Waals surface area contributed by atoms with Gasteiger partial charge in [0.25, 0.3) is 0 Å². The van der Waals surface area contributed by atoms with Gasteiger partial charge in [0.15, 0.2) is 11.2 Å². The maximum atomic E-state index is 11.9. The highest BCUT2D eigenvalue weighted by Crippen LogP contribution is 2.66. The van der Waals surface area contributed by atoms with E-state index in [1.165, 1.54) is 0 Å². The molecule has 1 aliphatic carbocycles. The van der Waals surface area contributed by atoms with Crippen molar-refractivity contribution in [2.24, 2.45) is 0 Å². The van der Waals surface area contributed by atoms with Gasteiger partial charge in [0, 0.05) is 22.7 Å². The number of benzene rings is 2. The van der Waals surface area contributed by atoms with Crippen molar-refractivity contribution in [1.82, 2.24) is 4.98 Å². The molecule has 1 aliphatic heterocycles. The van der Waals surface area contributed by atoms with E-state index in [1.807, 2.05) is 42.5 Å². The molecule has 2 unspecified atom stereocenters. The van der Waals surface area contributed by atoms with E-state index in [1.54, 1.807) is 12.3 Å². The number of aromatic nitrogens is 1. The van der Waals surface area contributed by atoms with Crippen molar-refractivity contribution < 1.29 is 9.84 Å². The summed E-state index contributed by atoms with van der Waals surface area (Å²) in [5, 5.41) is 12.4. The van der Waals surface area contributed by atoms with E-state index >= 15 is 0 Å². The third-order valence-electron chi connectivity index (χ3n) is 5.86. The van der Waals surface area contributed by atoms with E-state index < -0.39 is 11.2 Å². The van der Waals surface area contributed by atoms with E-state index in [4.69, 9.17) is 16.3 Å². The van der Waals surface area contributed by atoms with Gasteiger partial charge < -0.3 is 9.84 Å². The van der Waals surface area contributed by atoms with Crippen molar-refractivity contribution in [3.05, 3.63) is 93.2 Å². The molecule has 3 aromatic rings. The van der Waals surface area contributed by atoms with Gasteiger partial charge in [-0.3, -0.25) is 4.98 Å². The molecule has 2 aromatic carbocycles. The van der Waals surface area contributed by atoms with Gasteiger partial charge in [0.1, 0.15) is 11.4 Å². The molecule has 0 radical (unpaired) electrons. The Morgan fingerprint density at radius 1 is 1.11 bits per heavy atom. The van der Waals surface area contributed by atoms with Crippen molar-refractivity contribution >= 4 is 27.5 Å². The summed E-state index contributed by atoms with van der Waals surface area (Å²) in [4.78, 5) is 4.47. The van der Waals surface area contributed by atoms with Gasteiger partial charge in [-0.2, -0.15) is 0 Å². The minimum absolute atomic E-state index is 0.00199. The summed E-state index contributed by atoms with van der Waals surface area (Å²) in [6, 6.07) is 20.0. The Kier molecular flexibility index (Phi) is 3.87. The van der Waals surface area contributed by atoms with E-state index in [0.29, 0.717) is 22.9 Å².